The van der Waals surface area contributed by atoms with Gasteiger partial charge in [-0.1, -0.05) is 5.16 Å². The van der Waals surface area contributed by atoms with Gasteiger partial charge in [-0.2, -0.15) is 4.98 Å². The standard InChI is InChI=1S/C13H17N5O2/c1-13(3-2-4-19-13)12-17-11(20-18-12)9-5-8-10(6-14-9)16-7-15-8/h7,9,14H,2-6H2,1H3,(H,15,16). The molecule has 4 rings (SSSR count). The van der Waals surface area contributed by atoms with Crippen LogP contribution in [0.15, 0.2) is 10.9 Å². The Bertz CT molecular complexity index is 614. The quantitative estimate of drug-likeness (QED) is 0.856. The second-order valence-electron chi connectivity index (χ2n) is 5.60. The molecule has 0 saturated carbocycles. The second kappa shape index (κ2) is 4.39. The first-order chi connectivity index (χ1) is 9.74. The fourth-order valence-electron chi connectivity index (χ4n) is 2.89. The van der Waals surface area contributed by atoms with E-state index in [2.05, 4.69) is 25.4 Å². The van der Waals surface area contributed by atoms with E-state index >= 15 is 0 Å². The van der Waals surface area contributed by atoms with Gasteiger partial charge in [0.1, 0.15) is 5.60 Å². The Morgan fingerprint density at radius 3 is 3.25 bits per heavy atom. The highest BCUT2D eigenvalue weighted by molar-refractivity contribution is 5.18. The molecule has 106 valence electrons. The highest BCUT2D eigenvalue weighted by Crippen LogP contribution is 2.34. The van der Waals surface area contributed by atoms with Crippen LogP contribution in [0, 0.1) is 0 Å². The van der Waals surface area contributed by atoms with Gasteiger partial charge in [0.25, 0.3) is 0 Å². The van der Waals surface area contributed by atoms with Gasteiger partial charge in [-0.15, -0.1) is 0 Å². The van der Waals surface area contributed by atoms with Crippen LogP contribution in [0.1, 0.15) is 48.9 Å². The van der Waals surface area contributed by atoms with Crippen LogP contribution in [-0.4, -0.2) is 26.7 Å². The van der Waals surface area contributed by atoms with E-state index < -0.39 is 5.60 Å². The maximum Gasteiger partial charge on any atom is 0.244 e. The maximum atomic E-state index is 5.75. The minimum absolute atomic E-state index is 0.0250. The van der Waals surface area contributed by atoms with Crippen LogP contribution < -0.4 is 5.32 Å². The van der Waals surface area contributed by atoms with E-state index in [4.69, 9.17) is 9.26 Å². The molecule has 0 spiro atoms. The van der Waals surface area contributed by atoms with Gasteiger partial charge in [-0.05, 0) is 19.8 Å². The molecule has 2 unspecified atom stereocenters. The van der Waals surface area contributed by atoms with E-state index in [0.717, 1.165) is 43.8 Å². The summed E-state index contributed by atoms with van der Waals surface area (Å²) in [7, 11) is 0. The molecule has 20 heavy (non-hydrogen) atoms. The van der Waals surface area contributed by atoms with Crippen molar-refractivity contribution in [2.24, 2.45) is 0 Å². The van der Waals surface area contributed by atoms with Gasteiger partial charge < -0.3 is 14.2 Å². The van der Waals surface area contributed by atoms with Crippen molar-refractivity contribution in [1.29, 1.82) is 0 Å². The summed E-state index contributed by atoms with van der Waals surface area (Å²) < 4.78 is 11.2. The van der Waals surface area contributed by atoms with Gasteiger partial charge in [0.05, 0.1) is 23.8 Å². The van der Waals surface area contributed by atoms with Gasteiger partial charge >= 0.3 is 0 Å². The molecule has 0 aromatic carbocycles. The first-order valence-corrected chi connectivity index (χ1v) is 6.97. The Kier molecular flexibility index (Phi) is 2.64. The third kappa shape index (κ3) is 1.85. The minimum Gasteiger partial charge on any atom is -0.367 e. The first-order valence-electron chi connectivity index (χ1n) is 6.97. The molecule has 2 atom stereocenters. The lowest BCUT2D eigenvalue weighted by Gasteiger charge is -2.20. The maximum absolute atomic E-state index is 5.75. The number of rotatable bonds is 2. The second-order valence-corrected chi connectivity index (χ2v) is 5.60. The van der Waals surface area contributed by atoms with Crippen LogP contribution in [0.5, 0.6) is 0 Å². The molecule has 2 aliphatic heterocycles. The zero-order valence-electron chi connectivity index (χ0n) is 11.3. The first kappa shape index (κ1) is 12.0. The molecule has 1 fully saturated rings. The van der Waals surface area contributed by atoms with Crippen molar-refractivity contribution in [3.63, 3.8) is 0 Å². The predicted molar refractivity (Wildman–Crippen MR) is 68.7 cm³/mol. The minimum atomic E-state index is -0.395. The molecule has 0 bridgehead atoms. The van der Waals surface area contributed by atoms with E-state index in [1.165, 1.54) is 0 Å². The number of ether oxygens (including phenoxy) is 1. The van der Waals surface area contributed by atoms with E-state index in [1.807, 2.05) is 6.92 Å². The lowest BCUT2D eigenvalue weighted by Crippen LogP contribution is -2.29. The fourth-order valence-corrected chi connectivity index (χ4v) is 2.89. The molecule has 2 aromatic heterocycles. The monoisotopic (exact) mass is 275 g/mol. The Labute approximate surface area is 116 Å². The van der Waals surface area contributed by atoms with Crippen molar-refractivity contribution in [2.45, 2.75) is 44.4 Å². The SMILES string of the molecule is CC1(c2noc(C3Cc4nc[nH]c4CN3)n2)CCCO1. The van der Waals surface area contributed by atoms with Crippen LogP contribution in [0.25, 0.3) is 0 Å². The number of hydrogen-bond acceptors (Lipinski definition) is 6. The number of nitrogens with zero attached hydrogens (tertiary/aromatic N) is 3. The third-order valence-electron chi connectivity index (χ3n) is 4.16. The lowest BCUT2D eigenvalue weighted by molar-refractivity contribution is 0.00768. The van der Waals surface area contributed by atoms with Crippen LogP contribution in [0.4, 0.5) is 0 Å². The van der Waals surface area contributed by atoms with Gasteiger partial charge in [-0.3, -0.25) is 5.32 Å². The average Bonchev–Trinajstić information content (AvgIpc) is 3.18. The molecule has 7 nitrogen and oxygen atoms in total. The third-order valence-corrected chi connectivity index (χ3v) is 4.16. The number of fused-ring (bicyclic) bond motifs is 1. The van der Waals surface area contributed by atoms with Crippen molar-refractivity contribution in [1.82, 2.24) is 25.4 Å². The number of imidazole rings is 1. The largest absolute Gasteiger partial charge is 0.367 e. The molecule has 4 heterocycles. The van der Waals surface area contributed by atoms with Gasteiger partial charge in [0.2, 0.25) is 11.7 Å². The highest BCUT2D eigenvalue weighted by atomic mass is 16.5. The van der Waals surface area contributed by atoms with E-state index in [0.29, 0.717) is 11.7 Å². The smallest absolute Gasteiger partial charge is 0.244 e. The summed E-state index contributed by atoms with van der Waals surface area (Å²) in [5, 5.41) is 7.50. The van der Waals surface area contributed by atoms with Crippen molar-refractivity contribution < 1.29 is 9.26 Å². The molecule has 2 aliphatic rings. The summed E-state index contributed by atoms with van der Waals surface area (Å²) in [4.78, 5) is 12.0. The molecular formula is C13H17N5O2. The predicted octanol–water partition coefficient (Wildman–Crippen LogP) is 1.21. The van der Waals surface area contributed by atoms with Crippen molar-refractivity contribution in [3.05, 3.63) is 29.4 Å². The van der Waals surface area contributed by atoms with Gasteiger partial charge in [-0.25, -0.2) is 4.98 Å². The lowest BCUT2D eigenvalue weighted by atomic mass is 10.0. The Hall–Kier alpha value is -1.73. The number of hydrogen-bond donors (Lipinski definition) is 2. The summed E-state index contributed by atoms with van der Waals surface area (Å²) in [6.45, 7) is 3.53. The molecular weight excluding hydrogens is 258 g/mol. The number of H-pyrrole nitrogens is 1. The Morgan fingerprint density at radius 2 is 2.40 bits per heavy atom. The van der Waals surface area contributed by atoms with E-state index in [9.17, 15) is 0 Å². The molecule has 2 N–H and O–H groups in total. The summed E-state index contributed by atoms with van der Waals surface area (Å²) >= 11 is 0. The van der Waals surface area contributed by atoms with Crippen molar-refractivity contribution >= 4 is 0 Å². The normalized spacial score (nSPS) is 29.6. The van der Waals surface area contributed by atoms with Crippen LogP contribution in [0.2, 0.25) is 0 Å². The molecule has 1 saturated heterocycles. The molecule has 0 radical (unpaired) electrons. The summed E-state index contributed by atoms with van der Waals surface area (Å²) in [5.74, 6) is 1.27. The molecule has 0 aliphatic carbocycles. The molecule has 7 heteroatoms. The molecule has 0 amide bonds. The number of aromatic nitrogens is 4. The summed E-state index contributed by atoms with van der Waals surface area (Å²) in [6, 6.07) is 0.0250. The number of nitrogens with one attached hydrogen (secondary N) is 2. The fraction of sp³-hybridized carbons (Fsp3) is 0.615. The van der Waals surface area contributed by atoms with E-state index in [1.54, 1.807) is 6.33 Å². The van der Waals surface area contributed by atoms with Crippen LogP contribution in [-0.2, 0) is 23.3 Å². The summed E-state index contributed by atoms with van der Waals surface area (Å²) in [5.41, 5.74) is 1.80. The number of aromatic amines is 1. The average molecular weight is 275 g/mol. The van der Waals surface area contributed by atoms with Crippen LogP contribution in [0.3, 0.4) is 0 Å². The molecule has 2 aromatic rings. The van der Waals surface area contributed by atoms with Gasteiger partial charge in [0, 0.05) is 19.6 Å². The van der Waals surface area contributed by atoms with Crippen LogP contribution >= 0.6 is 0 Å². The highest BCUT2D eigenvalue weighted by Gasteiger charge is 2.37. The topological polar surface area (TPSA) is 88.9 Å². The van der Waals surface area contributed by atoms with Gasteiger partial charge in [0.15, 0.2) is 0 Å². The summed E-state index contributed by atoms with van der Waals surface area (Å²) in [6.07, 6.45) is 4.46. The zero-order chi connectivity index (χ0) is 13.6. The van der Waals surface area contributed by atoms with Crippen molar-refractivity contribution in [2.75, 3.05) is 6.61 Å². The Morgan fingerprint density at radius 1 is 1.45 bits per heavy atom. The zero-order valence-corrected chi connectivity index (χ0v) is 11.3. The van der Waals surface area contributed by atoms with E-state index in [-0.39, 0.29) is 6.04 Å². The van der Waals surface area contributed by atoms with Crippen molar-refractivity contribution in [3.8, 4) is 0 Å². The Balaban J connectivity index is 1.57.